The van der Waals surface area contributed by atoms with Crippen LogP contribution in [-0.4, -0.2) is 32.9 Å². The van der Waals surface area contributed by atoms with E-state index in [0.29, 0.717) is 19.0 Å². The van der Waals surface area contributed by atoms with Crippen LogP contribution in [0.15, 0.2) is 24.3 Å². The van der Waals surface area contributed by atoms with Crippen LogP contribution in [0.4, 0.5) is 4.39 Å². The summed E-state index contributed by atoms with van der Waals surface area (Å²) in [6, 6.07) is 5.76. The summed E-state index contributed by atoms with van der Waals surface area (Å²) in [5, 5.41) is 0. The van der Waals surface area contributed by atoms with Gasteiger partial charge in [-0.05, 0) is 43.0 Å². The lowest BCUT2D eigenvalue weighted by molar-refractivity contribution is -0.150. The second-order valence-electron chi connectivity index (χ2n) is 4.84. The van der Waals surface area contributed by atoms with Crippen LogP contribution in [0, 0.1) is 17.7 Å². The van der Waals surface area contributed by atoms with Gasteiger partial charge in [-0.3, -0.25) is 4.79 Å². The summed E-state index contributed by atoms with van der Waals surface area (Å²) >= 11 is 0. The monoisotopic (exact) mass is 282 g/mol. The van der Waals surface area contributed by atoms with Gasteiger partial charge in [0.25, 0.3) is 0 Å². The molecule has 0 radical (unpaired) electrons. The van der Waals surface area contributed by atoms with E-state index < -0.39 is 0 Å². The molecule has 1 aliphatic rings. The molecular weight excluding hydrogens is 263 g/mol. The molecule has 0 N–H and O–H groups in total. The number of hydrogen-bond acceptors (Lipinski definition) is 4. The van der Waals surface area contributed by atoms with Crippen LogP contribution in [0.2, 0.25) is 0 Å². The molecule has 4 nitrogen and oxygen atoms in total. The number of carbonyl (C=O) groups excluding carboxylic acids is 1. The fourth-order valence-corrected chi connectivity index (χ4v) is 2.38. The highest BCUT2D eigenvalue weighted by Crippen LogP contribution is 2.26. The maximum absolute atomic E-state index is 12.8. The van der Waals surface area contributed by atoms with Gasteiger partial charge in [0, 0.05) is 13.2 Å². The molecule has 1 aromatic rings. The fourth-order valence-electron chi connectivity index (χ4n) is 2.38. The first-order chi connectivity index (χ1) is 9.70. The normalized spacial score (nSPS) is 17.5. The Hall–Kier alpha value is -1.62. The van der Waals surface area contributed by atoms with Crippen molar-refractivity contribution in [3.05, 3.63) is 30.1 Å². The van der Waals surface area contributed by atoms with E-state index in [-0.39, 0.29) is 30.2 Å². The lowest BCUT2D eigenvalue weighted by Crippen LogP contribution is -2.34. The third-order valence-electron chi connectivity index (χ3n) is 3.58. The van der Waals surface area contributed by atoms with Crippen molar-refractivity contribution in [2.45, 2.75) is 12.8 Å². The lowest BCUT2D eigenvalue weighted by Gasteiger charge is -2.28. The van der Waals surface area contributed by atoms with E-state index in [0.717, 1.165) is 12.8 Å². The van der Waals surface area contributed by atoms with Crippen molar-refractivity contribution in [1.29, 1.82) is 0 Å². The average Bonchev–Trinajstić information content (AvgIpc) is 2.50. The Morgan fingerprint density at radius 2 is 2.00 bits per heavy atom. The number of ether oxygens (including phenoxy) is 3. The van der Waals surface area contributed by atoms with E-state index in [1.54, 1.807) is 12.1 Å². The van der Waals surface area contributed by atoms with Gasteiger partial charge in [-0.15, -0.1) is 0 Å². The molecule has 2 rings (SSSR count). The van der Waals surface area contributed by atoms with Gasteiger partial charge in [0.2, 0.25) is 0 Å². The Labute approximate surface area is 117 Å². The molecule has 1 saturated heterocycles. The molecule has 20 heavy (non-hydrogen) atoms. The fraction of sp³-hybridized carbons (Fsp3) is 0.533. The molecule has 1 unspecified atom stereocenters. The van der Waals surface area contributed by atoms with Crippen LogP contribution in [0.25, 0.3) is 0 Å². The summed E-state index contributed by atoms with van der Waals surface area (Å²) in [6.07, 6.45) is 1.65. The SMILES string of the molecule is COC(=O)C(COc1ccc(F)cc1)C1CCOCC1. The summed E-state index contributed by atoms with van der Waals surface area (Å²) in [5.74, 6) is -0.136. The van der Waals surface area contributed by atoms with Crippen molar-refractivity contribution in [3.63, 3.8) is 0 Å². The molecule has 0 saturated carbocycles. The predicted octanol–water partition coefficient (Wildman–Crippen LogP) is 2.42. The van der Waals surface area contributed by atoms with Crippen LogP contribution < -0.4 is 4.74 Å². The first-order valence-corrected chi connectivity index (χ1v) is 6.74. The largest absolute Gasteiger partial charge is 0.493 e. The van der Waals surface area contributed by atoms with Gasteiger partial charge in [0.1, 0.15) is 18.2 Å². The first kappa shape index (κ1) is 14.8. The topological polar surface area (TPSA) is 44.8 Å². The quantitative estimate of drug-likeness (QED) is 0.778. The standard InChI is InChI=1S/C15H19FO4/c1-18-15(17)14(11-6-8-19-9-7-11)10-20-13-4-2-12(16)3-5-13/h2-5,11,14H,6-10H2,1H3. The Morgan fingerprint density at radius 3 is 2.60 bits per heavy atom. The molecule has 0 amide bonds. The minimum Gasteiger partial charge on any atom is -0.493 e. The van der Waals surface area contributed by atoms with Crippen molar-refractivity contribution >= 4 is 5.97 Å². The smallest absolute Gasteiger partial charge is 0.312 e. The predicted molar refractivity (Wildman–Crippen MR) is 70.9 cm³/mol. The number of rotatable bonds is 5. The second-order valence-corrected chi connectivity index (χ2v) is 4.84. The molecule has 1 aromatic carbocycles. The number of esters is 1. The number of hydrogen-bond donors (Lipinski definition) is 0. The molecule has 0 aliphatic carbocycles. The van der Waals surface area contributed by atoms with E-state index in [1.807, 2.05) is 0 Å². The van der Waals surface area contributed by atoms with Crippen molar-refractivity contribution < 1.29 is 23.4 Å². The van der Waals surface area contributed by atoms with E-state index >= 15 is 0 Å². The highest BCUT2D eigenvalue weighted by atomic mass is 19.1. The maximum atomic E-state index is 12.8. The zero-order chi connectivity index (χ0) is 14.4. The van der Waals surface area contributed by atoms with Gasteiger partial charge in [-0.1, -0.05) is 0 Å². The summed E-state index contributed by atoms with van der Waals surface area (Å²) in [4.78, 5) is 11.9. The molecule has 0 spiro atoms. The summed E-state index contributed by atoms with van der Waals surface area (Å²) in [6.45, 7) is 1.56. The van der Waals surface area contributed by atoms with Gasteiger partial charge < -0.3 is 14.2 Å². The van der Waals surface area contributed by atoms with Crippen molar-refractivity contribution in [2.75, 3.05) is 26.9 Å². The minimum absolute atomic E-state index is 0.205. The van der Waals surface area contributed by atoms with Crippen molar-refractivity contribution in [2.24, 2.45) is 11.8 Å². The third-order valence-corrected chi connectivity index (χ3v) is 3.58. The van der Waals surface area contributed by atoms with E-state index in [2.05, 4.69) is 0 Å². The van der Waals surface area contributed by atoms with Gasteiger partial charge in [-0.25, -0.2) is 4.39 Å². The van der Waals surface area contributed by atoms with E-state index in [4.69, 9.17) is 14.2 Å². The Kier molecular flexibility index (Phi) is 5.35. The number of benzene rings is 1. The van der Waals surface area contributed by atoms with Gasteiger partial charge in [-0.2, -0.15) is 0 Å². The molecule has 1 aliphatic heterocycles. The Morgan fingerprint density at radius 1 is 1.35 bits per heavy atom. The molecule has 1 atom stereocenters. The van der Waals surface area contributed by atoms with Gasteiger partial charge in [0.05, 0.1) is 13.0 Å². The van der Waals surface area contributed by atoms with Crippen LogP contribution in [-0.2, 0) is 14.3 Å². The highest BCUT2D eigenvalue weighted by Gasteiger charge is 2.31. The van der Waals surface area contributed by atoms with Crippen LogP contribution in [0.3, 0.4) is 0 Å². The molecule has 5 heteroatoms. The van der Waals surface area contributed by atoms with Crippen LogP contribution >= 0.6 is 0 Å². The highest BCUT2D eigenvalue weighted by molar-refractivity contribution is 5.72. The van der Waals surface area contributed by atoms with Crippen molar-refractivity contribution in [3.8, 4) is 5.75 Å². The number of methoxy groups -OCH3 is 1. The van der Waals surface area contributed by atoms with Crippen molar-refractivity contribution in [1.82, 2.24) is 0 Å². The molecular formula is C15H19FO4. The summed E-state index contributed by atoms with van der Waals surface area (Å²) < 4.78 is 28.6. The summed E-state index contributed by atoms with van der Waals surface area (Å²) in [5.41, 5.74) is 0. The molecule has 0 aromatic heterocycles. The number of halogens is 1. The zero-order valence-electron chi connectivity index (χ0n) is 11.5. The van der Waals surface area contributed by atoms with E-state index in [9.17, 15) is 9.18 Å². The van der Waals surface area contributed by atoms with Gasteiger partial charge in [0.15, 0.2) is 0 Å². The molecule has 1 fully saturated rings. The van der Waals surface area contributed by atoms with Crippen LogP contribution in [0.5, 0.6) is 5.75 Å². The lowest BCUT2D eigenvalue weighted by atomic mass is 9.86. The van der Waals surface area contributed by atoms with Gasteiger partial charge >= 0.3 is 5.97 Å². The minimum atomic E-state index is -0.314. The molecule has 110 valence electrons. The number of carbonyl (C=O) groups is 1. The third kappa shape index (κ3) is 3.93. The first-order valence-electron chi connectivity index (χ1n) is 6.74. The zero-order valence-corrected chi connectivity index (χ0v) is 11.5. The Balaban J connectivity index is 1.96. The summed E-state index contributed by atoms with van der Waals surface area (Å²) in [7, 11) is 1.38. The second kappa shape index (κ2) is 7.24. The maximum Gasteiger partial charge on any atom is 0.312 e. The van der Waals surface area contributed by atoms with Crippen LogP contribution in [0.1, 0.15) is 12.8 Å². The molecule has 1 heterocycles. The Bertz CT molecular complexity index is 426. The molecule has 0 bridgehead atoms. The van der Waals surface area contributed by atoms with E-state index in [1.165, 1.54) is 19.2 Å². The average molecular weight is 282 g/mol.